The van der Waals surface area contributed by atoms with E-state index in [0.717, 1.165) is 24.6 Å². The molecule has 20 heavy (non-hydrogen) atoms. The number of halogens is 2. The van der Waals surface area contributed by atoms with Crippen LogP contribution in [0.2, 0.25) is 5.02 Å². The zero-order valence-corrected chi connectivity index (χ0v) is 12.6. The van der Waals surface area contributed by atoms with Crippen LogP contribution in [0, 0.1) is 11.7 Å². The van der Waals surface area contributed by atoms with Crippen molar-refractivity contribution >= 4 is 11.6 Å². The lowest BCUT2D eigenvalue weighted by molar-refractivity contribution is 0.0922. The molecular weight excluding hydrogens is 279 g/mol. The van der Waals surface area contributed by atoms with E-state index in [4.69, 9.17) is 22.1 Å². The van der Waals surface area contributed by atoms with Gasteiger partial charge in [-0.3, -0.25) is 4.90 Å². The van der Waals surface area contributed by atoms with E-state index in [9.17, 15) is 4.39 Å². The first-order valence-electron chi connectivity index (χ1n) is 7.04. The van der Waals surface area contributed by atoms with Crippen LogP contribution in [0.15, 0.2) is 18.2 Å². The molecule has 0 heterocycles. The number of hydrogen-bond acceptors (Lipinski definition) is 3. The van der Waals surface area contributed by atoms with Crippen molar-refractivity contribution in [1.29, 1.82) is 0 Å². The van der Waals surface area contributed by atoms with Crippen molar-refractivity contribution < 1.29 is 9.13 Å². The molecule has 1 atom stereocenters. The van der Waals surface area contributed by atoms with Crippen LogP contribution in [0.25, 0.3) is 0 Å². The van der Waals surface area contributed by atoms with Crippen molar-refractivity contribution in [2.45, 2.75) is 18.9 Å². The summed E-state index contributed by atoms with van der Waals surface area (Å²) in [7, 11) is 1.98. The van der Waals surface area contributed by atoms with Crippen molar-refractivity contribution in [3.63, 3.8) is 0 Å². The highest BCUT2D eigenvalue weighted by Crippen LogP contribution is 2.29. The van der Waals surface area contributed by atoms with Gasteiger partial charge in [0, 0.05) is 30.8 Å². The lowest BCUT2D eigenvalue weighted by Gasteiger charge is -2.28. The quantitative estimate of drug-likeness (QED) is 0.750. The van der Waals surface area contributed by atoms with Crippen LogP contribution in [0.1, 0.15) is 24.4 Å². The first-order chi connectivity index (χ1) is 9.61. The Hall–Kier alpha value is -0.680. The Morgan fingerprint density at radius 2 is 2.25 bits per heavy atom. The molecule has 0 spiro atoms. The van der Waals surface area contributed by atoms with Crippen LogP contribution in [-0.4, -0.2) is 38.3 Å². The van der Waals surface area contributed by atoms with Gasteiger partial charge in [-0.25, -0.2) is 4.39 Å². The lowest BCUT2D eigenvalue weighted by atomic mass is 10.1. The van der Waals surface area contributed by atoms with Gasteiger partial charge in [-0.15, -0.1) is 0 Å². The highest BCUT2D eigenvalue weighted by Gasteiger charge is 2.22. The van der Waals surface area contributed by atoms with E-state index >= 15 is 0 Å². The van der Waals surface area contributed by atoms with Gasteiger partial charge in [0.1, 0.15) is 5.82 Å². The van der Waals surface area contributed by atoms with Crippen LogP contribution >= 0.6 is 11.6 Å². The second-order valence-electron chi connectivity index (χ2n) is 5.42. The molecule has 1 aromatic carbocycles. The van der Waals surface area contributed by atoms with E-state index in [-0.39, 0.29) is 11.9 Å². The number of nitrogens with two attached hydrogens (primary N) is 1. The van der Waals surface area contributed by atoms with E-state index in [1.165, 1.54) is 25.0 Å². The third-order valence-corrected chi connectivity index (χ3v) is 4.04. The van der Waals surface area contributed by atoms with E-state index in [1.807, 2.05) is 7.05 Å². The molecule has 112 valence electrons. The summed E-state index contributed by atoms with van der Waals surface area (Å²) in [6.45, 7) is 2.76. The van der Waals surface area contributed by atoms with E-state index < -0.39 is 0 Å². The average molecular weight is 301 g/mol. The fraction of sp³-hybridized carbons (Fsp3) is 0.600. The maximum absolute atomic E-state index is 13.1. The smallest absolute Gasteiger partial charge is 0.124 e. The highest BCUT2D eigenvalue weighted by atomic mass is 35.5. The van der Waals surface area contributed by atoms with Crippen molar-refractivity contribution in [3.8, 4) is 0 Å². The predicted molar refractivity (Wildman–Crippen MR) is 79.4 cm³/mol. The van der Waals surface area contributed by atoms with Gasteiger partial charge in [0.05, 0.1) is 6.61 Å². The number of nitrogens with zero attached hydrogens (tertiary/aromatic N) is 1. The average Bonchev–Trinajstić information content (AvgIpc) is 3.22. The summed E-state index contributed by atoms with van der Waals surface area (Å²) >= 11 is 6.10. The number of hydrogen-bond donors (Lipinski definition) is 1. The van der Waals surface area contributed by atoms with Gasteiger partial charge >= 0.3 is 0 Å². The van der Waals surface area contributed by atoms with Gasteiger partial charge in [-0.2, -0.15) is 0 Å². The minimum absolute atomic E-state index is 0.0207. The van der Waals surface area contributed by atoms with Gasteiger partial charge in [0.15, 0.2) is 0 Å². The molecule has 0 aromatic heterocycles. The Morgan fingerprint density at radius 1 is 1.50 bits per heavy atom. The van der Waals surface area contributed by atoms with Gasteiger partial charge < -0.3 is 10.5 Å². The summed E-state index contributed by atoms with van der Waals surface area (Å²) in [4.78, 5) is 2.10. The minimum Gasteiger partial charge on any atom is -0.380 e. The van der Waals surface area contributed by atoms with Crippen LogP contribution < -0.4 is 5.73 Å². The summed E-state index contributed by atoms with van der Waals surface area (Å²) in [5.41, 5.74) is 6.70. The molecule has 1 aromatic rings. The fourth-order valence-corrected chi connectivity index (χ4v) is 2.51. The Labute approximate surface area is 124 Å². The number of ether oxygens (including phenoxy) is 1. The normalized spacial score (nSPS) is 16.6. The largest absolute Gasteiger partial charge is 0.380 e. The van der Waals surface area contributed by atoms with Gasteiger partial charge in [-0.1, -0.05) is 17.7 Å². The van der Waals surface area contributed by atoms with Gasteiger partial charge in [-0.05, 0) is 43.5 Å². The van der Waals surface area contributed by atoms with Crippen molar-refractivity contribution in [2.75, 3.05) is 33.4 Å². The van der Waals surface area contributed by atoms with Crippen molar-refractivity contribution in [1.82, 2.24) is 4.90 Å². The topological polar surface area (TPSA) is 38.5 Å². The standard InChI is InChI=1S/C15H22ClFN2O/c1-19(6-7-20-10-11-2-3-11)15(9-18)13-5-4-12(17)8-14(13)16/h4-5,8,11,15H,2-3,6-7,9-10,18H2,1H3. The molecule has 1 saturated carbocycles. The third-order valence-electron chi connectivity index (χ3n) is 3.72. The van der Waals surface area contributed by atoms with Crippen molar-refractivity contribution in [3.05, 3.63) is 34.6 Å². The zero-order valence-electron chi connectivity index (χ0n) is 11.8. The Morgan fingerprint density at radius 3 is 2.85 bits per heavy atom. The predicted octanol–water partition coefficient (Wildman–Crippen LogP) is 2.84. The molecule has 2 rings (SSSR count). The lowest BCUT2D eigenvalue weighted by Crippen LogP contribution is -2.33. The first kappa shape index (κ1) is 15.7. The minimum atomic E-state index is -0.329. The molecule has 0 radical (unpaired) electrons. The molecule has 0 saturated heterocycles. The second-order valence-corrected chi connectivity index (χ2v) is 5.82. The molecule has 0 aliphatic heterocycles. The summed E-state index contributed by atoms with van der Waals surface area (Å²) < 4.78 is 18.7. The SMILES string of the molecule is CN(CCOCC1CC1)C(CN)c1ccc(F)cc1Cl. The van der Waals surface area contributed by atoms with Crippen molar-refractivity contribution in [2.24, 2.45) is 11.7 Å². The Kier molecular flexibility index (Phi) is 5.78. The zero-order chi connectivity index (χ0) is 14.5. The van der Waals surface area contributed by atoms with E-state index in [1.54, 1.807) is 6.07 Å². The molecule has 0 amide bonds. The summed E-state index contributed by atoms with van der Waals surface area (Å²) in [5, 5.41) is 0.422. The molecular formula is C15H22ClFN2O. The summed E-state index contributed by atoms with van der Waals surface area (Å²) in [5.74, 6) is 0.446. The molecule has 5 heteroatoms. The van der Waals surface area contributed by atoms with E-state index in [2.05, 4.69) is 4.90 Å². The highest BCUT2D eigenvalue weighted by molar-refractivity contribution is 6.31. The molecule has 0 bridgehead atoms. The molecule has 1 aliphatic rings. The molecule has 2 N–H and O–H groups in total. The van der Waals surface area contributed by atoms with Crippen LogP contribution in [0.4, 0.5) is 4.39 Å². The van der Waals surface area contributed by atoms with Crippen LogP contribution in [-0.2, 0) is 4.74 Å². The molecule has 3 nitrogen and oxygen atoms in total. The molecule has 1 aliphatic carbocycles. The van der Waals surface area contributed by atoms with Crippen LogP contribution in [0.5, 0.6) is 0 Å². The van der Waals surface area contributed by atoms with E-state index in [0.29, 0.717) is 18.2 Å². The third kappa shape index (κ3) is 4.42. The number of rotatable bonds is 8. The maximum Gasteiger partial charge on any atom is 0.124 e. The number of benzene rings is 1. The maximum atomic E-state index is 13.1. The van der Waals surface area contributed by atoms with Crippen LogP contribution in [0.3, 0.4) is 0 Å². The Balaban J connectivity index is 1.88. The second kappa shape index (κ2) is 7.36. The number of likely N-dealkylation sites (N-methyl/N-ethyl adjacent to an activating group) is 1. The summed E-state index contributed by atoms with van der Waals surface area (Å²) in [6, 6.07) is 4.43. The molecule has 1 fully saturated rings. The summed E-state index contributed by atoms with van der Waals surface area (Å²) in [6.07, 6.45) is 2.60. The van der Waals surface area contributed by atoms with Gasteiger partial charge in [0.25, 0.3) is 0 Å². The molecule has 1 unspecified atom stereocenters. The first-order valence-corrected chi connectivity index (χ1v) is 7.42. The fourth-order valence-electron chi connectivity index (χ4n) is 2.21. The Bertz CT molecular complexity index is 440. The monoisotopic (exact) mass is 300 g/mol. The van der Waals surface area contributed by atoms with Gasteiger partial charge in [0.2, 0.25) is 0 Å².